The van der Waals surface area contributed by atoms with Crippen LogP contribution in [0.5, 0.6) is 5.75 Å². The Bertz CT molecular complexity index is 1670. The molecule has 4 aromatic rings. The van der Waals surface area contributed by atoms with Gasteiger partial charge in [0.25, 0.3) is 5.56 Å². The zero-order chi connectivity index (χ0) is 26.6. The minimum absolute atomic E-state index is 0.199. The van der Waals surface area contributed by atoms with Gasteiger partial charge in [0.15, 0.2) is 4.80 Å². The van der Waals surface area contributed by atoms with Gasteiger partial charge < -0.3 is 9.47 Å². The highest BCUT2D eigenvalue weighted by Gasteiger charge is 2.33. The summed E-state index contributed by atoms with van der Waals surface area (Å²) in [6, 6.07) is 24.5. The monoisotopic (exact) mass is 588 g/mol. The third-order valence-electron chi connectivity index (χ3n) is 6.26. The predicted molar refractivity (Wildman–Crippen MR) is 152 cm³/mol. The number of thiazole rings is 1. The van der Waals surface area contributed by atoms with Crippen LogP contribution in [0.4, 0.5) is 0 Å². The number of allylic oxidation sites excluding steroid dienone is 1. The van der Waals surface area contributed by atoms with E-state index in [-0.39, 0.29) is 5.56 Å². The number of benzene rings is 3. The fourth-order valence-corrected chi connectivity index (χ4v) is 5.66. The number of carbonyl (C=O) groups excluding carboxylic acids is 1. The van der Waals surface area contributed by atoms with Crippen LogP contribution in [0, 0.1) is 0 Å². The maximum Gasteiger partial charge on any atom is 0.338 e. The maximum atomic E-state index is 13.7. The van der Waals surface area contributed by atoms with Crippen molar-refractivity contribution in [1.29, 1.82) is 0 Å². The highest BCUT2D eigenvalue weighted by atomic mass is 79.9. The molecule has 0 fully saturated rings. The Balaban J connectivity index is 1.50. The fraction of sp³-hybridized carbons (Fsp3) is 0.167. The second-order valence-electron chi connectivity index (χ2n) is 8.68. The molecule has 1 aliphatic heterocycles. The van der Waals surface area contributed by atoms with Crippen LogP contribution in [-0.2, 0) is 16.1 Å². The molecule has 0 saturated heterocycles. The van der Waals surface area contributed by atoms with Gasteiger partial charge in [-0.15, -0.1) is 0 Å². The van der Waals surface area contributed by atoms with Gasteiger partial charge in [-0.05, 0) is 53.5 Å². The average Bonchev–Trinajstić information content (AvgIpc) is 3.26. The van der Waals surface area contributed by atoms with E-state index in [1.165, 1.54) is 18.4 Å². The quantitative estimate of drug-likeness (QED) is 0.280. The summed E-state index contributed by atoms with van der Waals surface area (Å²) in [4.78, 5) is 31.8. The van der Waals surface area contributed by atoms with Gasteiger partial charge in [0, 0.05) is 4.47 Å². The van der Waals surface area contributed by atoms with Crippen LogP contribution in [0.15, 0.2) is 104 Å². The lowest BCUT2D eigenvalue weighted by Gasteiger charge is -2.25. The van der Waals surface area contributed by atoms with Crippen molar-refractivity contribution in [3.8, 4) is 5.75 Å². The number of ether oxygens (including phenoxy) is 2. The number of aromatic nitrogens is 1. The molecular formula is C30H25BrN2O4S. The van der Waals surface area contributed by atoms with Crippen molar-refractivity contribution in [2.24, 2.45) is 4.99 Å². The van der Waals surface area contributed by atoms with Gasteiger partial charge >= 0.3 is 5.97 Å². The maximum absolute atomic E-state index is 13.7. The summed E-state index contributed by atoms with van der Waals surface area (Å²) in [6.07, 6.45) is 2.39. The van der Waals surface area contributed by atoms with E-state index in [0.717, 1.165) is 26.9 Å². The van der Waals surface area contributed by atoms with Crippen LogP contribution in [0.1, 0.15) is 36.1 Å². The molecule has 0 bridgehead atoms. The van der Waals surface area contributed by atoms with Crippen LogP contribution in [0.25, 0.3) is 6.08 Å². The first kappa shape index (κ1) is 25.9. The lowest BCUT2D eigenvalue weighted by atomic mass is 9.95. The van der Waals surface area contributed by atoms with Crippen molar-refractivity contribution < 1.29 is 14.3 Å². The molecule has 6 nitrogen and oxygen atoms in total. The molecule has 38 heavy (non-hydrogen) atoms. The molecule has 8 heteroatoms. The predicted octanol–water partition coefficient (Wildman–Crippen LogP) is 5.14. The normalized spacial score (nSPS) is 15.1. The third-order valence-corrected chi connectivity index (χ3v) is 7.77. The number of hydrogen-bond acceptors (Lipinski definition) is 6. The highest BCUT2D eigenvalue weighted by molar-refractivity contribution is 9.10. The van der Waals surface area contributed by atoms with Crippen LogP contribution in [-0.4, -0.2) is 17.6 Å². The summed E-state index contributed by atoms with van der Waals surface area (Å²) in [5.74, 6) is 0.262. The number of methoxy groups -OCH3 is 1. The van der Waals surface area contributed by atoms with E-state index in [2.05, 4.69) is 15.9 Å². The first-order valence-electron chi connectivity index (χ1n) is 12.1. The van der Waals surface area contributed by atoms with E-state index in [1.807, 2.05) is 91.9 Å². The second-order valence-corrected chi connectivity index (χ2v) is 10.6. The number of esters is 1. The largest absolute Gasteiger partial charge is 0.489 e. The molecule has 0 spiro atoms. The van der Waals surface area contributed by atoms with Crippen molar-refractivity contribution in [2.45, 2.75) is 26.0 Å². The molecule has 3 aromatic carbocycles. The SMILES string of the molecule is CCC1=C(C(=O)OC)[C@H](c2ccccc2)n2c(s/c(=C\c3ccc(OCc4ccc(Br)cc4)cc3)c2=O)=N1. The topological polar surface area (TPSA) is 69.9 Å². The van der Waals surface area contributed by atoms with Crippen molar-refractivity contribution in [1.82, 2.24) is 4.57 Å². The smallest absolute Gasteiger partial charge is 0.338 e. The van der Waals surface area contributed by atoms with Gasteiger partial charge in [-0.3, -0.25) is 9.36 Å². The standard InChI is InChI=1S/C30H25BrN2O4S/c1-3-24-26(29(35)36-2)27(21-7-5-4-6-8-21)33-28(34)25(38-30(33)32-24)17-19-11-15-23(16-12-19)37-18-20-9-13-22(31)14-10-20/h4-17,27H,3,18H2,1-2H3/b25-17-/t27-/m0/s1. The Kier molecular flexibility index (Phi) is 7.72. The molecule has 0 aliphatic carbocycles. The minimum Gasteiger partial charge on any atom is -0.489 e. The lowest BCUT2D eigenvalue weighted by Crippen LogP contribution is -2.40. The Morgan fingerprint density at radius 3 is 2.42 bits per heavy atom. The second kappa shape index (κ2) is 11.3. The summed E-state index contributed by atoms with van der Waals surface area (Å²) >= 11 is 4.75. The summed E-state index contributed by atoms with van der Waals surface area (Å²) in [5, 5.41) is 0. The first-order chi connectivity index (χ1) is 18.5. The van der Waals surface area contributed by atoms with Crippen LogP contribution >= 0.6 is 27.3 Å². The van der Waals surface area contributed by atoms with E-state index in [9.17, 15) is 9.59 Å². The van der Waals surface area contributed by atoms with Crippen LogP contribution in [0.3, 0.4) is 0 Å². The van der Waals surface area contributed by atoms with Gasteiger partial charge in [0.1, 0.15) is 12.4 Å². The van der Waals surface area contributed by atoms with E-state index >= 15 is 0 Å². The molecule has 0 unspecified atom stereocenters. The molecule has 0 radical (unpaired) electrons. The highest BCUT2D eigenvalue weighted by Crippen LogP contribution is 2.31. The lowest BCUT2D eigenvalue weighted by molar-refractivity contribution is -0.136. The van der Waals surface area contributed by atoms with E-state index < -0.39 is 12.0 Å². The zero-order valence-corrected chi connectivity index (χ0v) is 23.3. The molecule has 1 aliphatic rings. The molecule has 1 atom stereocenters. The number of hydrogen-bond donors (Lipinski definition) is 0. The van der Waals surface area contributed by atoms with E-state index in [0.29, 0.717) is 33.6 Å². The number of carbonyl (C=O) groups is 1. The fourth-order valence-electron chi connectivity index (χ4n) is 4.37. The molecular weight excluding hydrogens is 564 g/mol. The Morgan fingerprint density at radius 2 is 1.76 bits per heavy atom. The van der Waals surface area contributed by atoms with Crippen molar-refractivity contribution in [3.05, 3.63) is 131 Å². The molecule has 0 saturated carbocycles. The van der Waals surface area contributed by atoms with E-state index in [4.69, 9.17) is 14.5 Å². The zero-order valence-electron chi connectivity index (χ0n) is 20.9. The molecule has 2 heterocycles. The molecule has 0 amide bonds. The third kappa shape index (κ3) is 5.28. The molecule has 1 aromatic heterocycles. The number of fused-ring (bicyclic) bond motifs is 1. The Hall–Kier alpha value is -3.75. The molecule has 0 N–H and O–H groups in total. The Morgan fingerprint density at radius 1 is 1.05 bits per heavy atom. The average molecular weight is 590 g/mol. The minimum atomic E-state index is -0.605. The summed E-state index contributed by atoms with van der Waals surface area (Å²) in [7, 11) is 1.35. The molecule has 192 valence electrons. The van der Waals surface area contributed by atoms with Gasteiger partial charge in [0.05, 0.1) is 29.0 Å². The Labute approximate surface area is 232 Å². The number of nitrogens with zero attached hydrogens (tertiary/aromatic N) is 2. The van der Waals surface area contributed by atoms with E-state index in [1.54, 1.807) is 4.57 Å². The van der Waals surface area contributed by atoms with Gasteiger partial charge in [0.2, 0.25) is 0 Å². The number of rotatable bonds is 7. The van der Waals surface area contributed by atoms with Gasteiger partial charge in [-0.1, -0.05) is 88.8 Å². The molecule has 5 rings (SSSR count). The summed E-state index contributed by atoms with van der Waals surface area (Å²) in [6.45, 7) is 2.41. The van der Waals surface area contributed by atoms with Gasteiger partial charge in [-0.2, -0.15) is 0 Å². The van der Waals surface area contributed by atoms with Crippen LogP contribution in [0.2, 0.25) is 0 Å². The summed E-state index contributed by atoms with van der Waals surface area (Å²) in [5.41, 5.74) is 3.59. The van der Waals surface area contributed by atoms with Gasteiger partial charge in [-0.25, -0.2) is 9.79 Å². The van der Waals surface area contributed by atoms with Crippen LogP contribution < -0.4 is 19.6 Å². The first-order valence-corrected chi connectivity index (χ1v) is 13.7. The number of halogens is 1. The summed E-state index contributed by atoms with van der Waals surface area (Å²) < 4.78 is 14.2. The van der Waals surface area contributed by atoms with Crippen molar-refractivity contribution in [3.63, 3.8) is 0 Å². The van der Waals surface area contributed by atoms with Crippen molar-refractivity contribution in [2.75, 3.05) is 7.11 Å². The van der Waals surface area contributed by atoms with Crippen molar-refractivity contribution >= 4 is 39.3 Å².